The molecule has 1 aromatic heterocycles. The number of carboxylic acid groups (broad SMARTS) is 1. The number of aromatic carboxylic acids is 1. The van der Waals surface area contributed by atoms with Crippen molar-refractivity contribution in [1.29, 1.82) is 0 Å². The molecule has 0 amide bonds. The van der Waals surface area contributed by atoms with E-state index in [1.54, 1.807) is 6.20 Å². The highest BCUT2D eigenvalue weighted by atomic mass is 79.9. The number of nitrogens with one attached hydrogen (secondary N) is 1. The second-order valence-electron chi connectivity index (χ2n) is 3.17. The van der Waals surface area contributed by atoms with Gasteiger partial charge in [0.2, 0.25) is 0 Å². The molecule has 1 aromatic rings. The zero-order valence-electron chi connectivity index (χ0n) is 8.25. The summed E-state index contributed by atoms with van der Waals surface area (Å²) in [5, 5.41) is 11.8. The van der Waals surface area contributed by atoms with Gasteiger partial charge in [-0.25, -0.2) is 9.78 Å². The Hall–Kier alpha value is -1.36. The van der Waals surface area contributed by atoms with Gasteiger partial charge in [-0.3, -0.25) is 0 Å². The van der Waals surface area contributed by atoms with E-state index < -0.39 is 5.97 Å². The van der Waals surface area contributed by atoms with Crippen LogP contribution in [0.4, 0.5) is 5.82 Å². The number of carbonyl (C=O) groups is 1. The van der Waals surface area contributed by atoms with E-state index in [1.165, 1.54) is 6.07 Å². The van der Waals surface area contributed by atoms with Crippen LogP contribution in [0.25, 0.3) is 0 Å². The summed E-state index contributed by atoms with van der Waals surface area (Å²) >= 11 is 3.17. The Morgan fingerprint density at radius 1 is 1.73 bits per heavy atom. The molecule has 0 spiro atoms. The molecule has 0 fully saturated rings. The second-order valence-corrected chi connectivity index (χ2v) is 4.08. The van der Waals surface area contributed by atoms with Gasteiger partial charge in [0.1, 0.15) is 11.4 Å². The maximum Gasteiger partial charge on any atom is 0.339 e. The number of pyridine rings is 1. The van der Waals surface area contributed by atoms with Gasteiger partial charge in [0.15, 0.2) is 0 Å². The molecular formula is C10H11BrN2O2. The Morgan fingerprint density at radius 2 is 2.40 bits per heavy atom. The van der Waals surface area contributed by atoms with Crippen LogP contribution in [-0.4, -0.2) is 22.6 Å². The third kappa shape index (κ3) is 3.36. The van der Waals surface area contributed by atoms with Crippen molar-refractivity contribution in [2.45, 2.75) is 6.92 Å². The fraction of sp³-hybridized carbons (Fsp3) is 0.200. The first-order valence-electron chi connectivity index (χ1n) is 4.28. The molecule has 0 aliphatic carbocycles. The average molecular weight is 271 g/mol. The van der Waals surface area contributed by atoms with Crippen molar-refractivity contribution in [1.82, 2.24) is 4.98 Å². The highest BCUT2D eigenvalue weighted by molar-refractivity contribution is 9.10. The maximum atomic E-state index is 10.9. The summed E-state index contributed by atoms with van der Waals surface area (Å²) in [6.45, 7) is 6.08. The fourth-order valence-electron chi connectivity index (χ4n) is 0.978. The Kier molecular flexibility index (Phi) is 3.85. The second kappa shape index (κ2) is 4.93. The minimum Gasteiger partial charge on any atom is -0.478 e. The van der Waals surface area contributed by atoms with Gasteiger partial charge < -0.3 is 10.4 Å². The van der Waals surface area contributed by atoms with Crippen LogP contribution in [0, 0.1) is 0 Å². The molecule has 0 saturated carbocycles. The SMILES string of the molecule is C=C(C)CNc1ncc(Br)cc1C(=O)O. The molecule has 15 heavy (non-hydrogen) atoms. The van der Waals surface area contributed by atoms with Crippen molar-refractivity contribution >= 4 is 27.7 Å². The molecule has 80 valence electrons. The number of hydrogen-bond donors (Lipinski definition) is 2. The van der Waals surface area contributed by atoms with Crippen LogP contribution in [0.2, 0.25) is 0 Å². The van der Waals surface area contributed by atoms with E-state index in [1.807, 2.05) is 6.92 Å². The fourth-order valence-corrected chi connectivity index (χ4v) is 1.31. The van der Waals surface area contributed by atoms with E-state index in [9.17, 15) is 4.79 Å². The Labute approximate surface area is 96.2 Å². The van der Waals surface area contributed by atoms with Gasteiger partial charge >= 0.3 is 5.97 Å². The molecule has 0 bridgehead atoms. The lowest BCUT2D eigenvalue weighted by molar-refractivity contribution is 0.0697. The molecule has 0 atom stereocenters. The van der Waals surface area contributed by atoms with Gasteiger partial charge in [0, 0.05) is 17.2 Å². The lowest BCUT2D eigenvalue weighted by Gasteiger charge is -2.08. The molecule has 1 heterocycles. The summed E-state index contributed by atoms with van der Waals surface area (Å²) in [5.41, 5.74) is 1.06. The van der Waals surface area contributed by atoms with Crippen LogP contribution in [0.3, 0.4) is 0 Å². The standard InChI is InChI=1S/C10H11BrN2O2/c1-6(2)4-12-9-8(10(14)15)3-7(11)5-13-9/h3,5H,1,4H2,2H3,(H,12,13)(H,14,15). The van der Waals surface area contributed by atoms with E-state index in [4.69, 9.17) is 5.11 Å². The van der Waals surface area contributed by atoms with Gasteiger partial charge in [-0.2, -0.15) is 0 Å². The largest absolute Gasteiger partial charge is 0.478 e. The number of anilines is 1. The number of halogens is 1. The third-order valence-electron chi connectivity index (χ3n) is 1.64. The number of nitrogens with zero attached hydrogens (tertiary/aromatic N) is 1. The first-order chi connectivity index (χ1) is 7.00. The van der Waals surface area contributed by atoms with Crippen LogP contribution in [-0.2, 0) is 0 Å². The van der Waals surface area contributed by atoms with Crippen LogP contribution >= 0.6 is 15.9 Å². The van der Waals surface area contributed by atoms with Crippen LogP contribution in [0.1, 0.15) is 17.3 Å². The monoisotopic (exact) mass is 270 g/mol. The predicted octanol–water partition coefficient (Wildman–Crippen LogP) is 2.53. The first kappa shape index (κ1) is 11.7. The zero-order valence-corrected chi connectivity index (χ0v) is 9.84. The molecule has 4 nitrogen and oxygen atoms in total. The Morgan fingerprint density at radius 3 is 2.93 bits per heavy atom. The number of hydrogen-bond acceptors (Lipinski definition) is 3. The van der Waals surface area contributed by atoms with Crippen molar-refractivity contribution < 1.29 is 9.90 Å². The van der Waals surface area contributed by atoms with Crippen LogP contribution in [0.5, 0.6) is 0 Å². The van der Waals surface area contributed by atoms with Crippen molar-refractivity contribution in [3.63, 3.8) is 0 Å². The minimum absolute atomic E-state index is 0.144. The van der Waals surface area contributed by atoms with Crippen molar-refractivity contribution in [3.05, 3.63) is 34.5 Å². The topological polar surface area (TPSA) is 62.2 Å². The summed E-state index contributed by atoms with van der Waals surface area (Å²) in [6.07, 6.45) is 1.55. The minimum atomic E-state index is -1.01. The smallest absolute Gasteiger partial charge is 0.339 e. The lowest BCUT2D eigenvalue weighted by Crippen LogP contribution is -2.09. The van der Waals surface area contributed by atoms with Gasteiger partial charge in [0.25, 0.3) is 0 Å². The summed E-state index contributed by atoms with van der Waals surface area (Å²) in [6, 6.07) is 1.51. The highest BCUT2D eigenvalue weighted by Crippen LogP contribution is 2.18. The molecule has 0 radical (unpaired) electrons. The third-order valence-corrected chi connectivity index (χ3v) is 2.08. The van der Waals surface area contributed by atoms with E-state index >= 15 is 0 Å². The van der Waals surface area contributed by atoms with E-state index in [0.717, 1.165) is 5.57 Å². The Bertz CT molecular complexity index is 404. The van der Waals surface area contributed by atoms with Gasteiger partial charge in [0.05, 0.1) is 0 Å². The quantitative estimate of drug-likeness (QED) is 0.826. The van der Waals surface area contributed by atoms with Gasteiger partial charge in [-0.15, -0.1) is 0 Å². The summed E-state index contributed by atoms with van der Waals surface area (Å²) in [4.78, 5) is 14.9. The normalized spacial score (nSPS) is 9.73. The number of aromatic nitrogens is 1. The van der Waals surface area contributed by atoms with E-state index in [-0.39, 0.29) is 5.56 Å². The first-order valence-corrected chi connectivity index (χ1v) is 5.07. The lowest BCUT2D eigenvalue weighted by atomic mass is 10.2. The Balaban J connectivity index is 2.95. The molecule has 0 saturated heterocycles. The zero-order chi connectivity index (χ0) is 11.4. The molecule has 2 N–H and O–H groups in total. The molecule has 1 rings (SSSR count). The summed E-state index contributed by atoms with van der Waals surface area (Å²) < 4.78 is 0.640. The number of rotatable bonds is 4. The predicted molar refractivity (Wildman–Crippen MR) is 62.2 cm³/mol. The summed E-state index contributed by atoms with van der Waals surface area (Å²) in [7, 11) is 0. The van der Waals surface area contributed by atoms with Gasteiger partial charge in [-0.05, 0) is 28.9 Å². The highest BCUT2D eigenvalue weighted by Gasteiger charge is 2.11. The van der Waals surface area contributed by atoms with Gasteiger partial charge in [-0.1, -0.05) is 12.2 Å². The molecule has 0 aliphatic heterocycles. The molecule has 0 aromatic carbocycles. The molecule has 0 aliphatic rings. The average Bonchev–Trinajstić information content (AvgIpc) is 2.15. The van der Waals surface area contributed by atoms with Crippen LogP contribution < -0.4 is 5.32 Å². The van der Waals surface area contributed by atoms with E-state index in [0.29, 0.717) is 16.8 Å². The van der Waals surface area contributed by atoms with Crippen LogP contribution in [0.15, 0.2) is 28.9 Å². The van der Waals surface area contributed by atoms with Crippen molar-refractivity contribution in [3.8, 4) is 0 Å². The van der Waals surface area contributed by atoms with Crippen molar-refractivity contribution in [2.75, 3.05) is 11.9 Å². The molecule has 5 heteroatoms. The number of carboxylic acids is 1. The van der Waals surface area contributed by atoms with E-state index in [2.05, 4.69) is 32.8 Å². The maximum absolute atomic E-state index is 10.9. The molecule has 0 unspecified atom stereocenters. The summed E-state index contributed by atoms with van der Waals surface area (Å²) in [5.74, 6) is -0.651. The van der Waals surface area contributed by atoms with Crippen molar-refractivity contribution in [2.24, 2.45) is 0 Å². The molecular weight excluding hydrogens is 260 g/mol.